The molecular weight excluding hydrogens is 332 g/mol. The zero-order valence-corrected chi connectivity index (χ0v) is 18.6. The van der Waals surface area contributed by atoms with E-state index in [1.165, 1.54) is 24.8 Å². The molecule has 0 atom stereocenters. The molecule has 0 N–H and O–H groups in total. The second-order valence-corrected chi connectivity index (χ2v) is 12.2. The maximum absolute atomic E-state index is 2.55. The Bertz CT molecular complexity index is 602. The van der Waals surface area contributed by atoms with Crippen LogP contribution in [0.2, 0.25) is 0 Å². The van der Waals surface area contributed by atoms with E-state index in [4.69, 9.17) is 0 Å². The molecule has 1 aromatic rings. The molecule has 4 aliphatic carbocycles. The molecule has 0 saturated heterocycles. The standard InChI is InChI=1S/C25H38S/c1-15(2)21-10-22(16(3)4)24(23(11-21)17(5)6)26-25-12-18-7-19(13-25)9-20(8-18)14-25/h10-11,15-20H,7-9,12-14H2,1-6H3. The highest BCUT2D eigenvalue weighted by molar-refractivity contribution is 8.00. The van der Waals surface area contributed by atoms with Gasteiger partial charge in [-0.3, -0.25) is 0 Å². The Morgan fingerprint density at radius 2 is 1.15 bits per heavy atom. The molecule has 26 heavy (non-hydrogen) atoms. The largest absolute Gasteiger partial charge is 0.119 e. The molecular formula is C25H38S. The first-order valence-corrected chi connectivity index (χ1v) is 11.9. The van der Waals surface area contributed by atoms with Gasteiger partial charge >= 0.3 is 0 Å². The SMILES string of the molecule is CC(C)c1cc(C(C)C)c(SC23CC4CC(CC(C4)C2)C3)c(C(C)C)c1. The van der Waals surface area contributed by atoms with E-state index in [9.17, 15) is 0 Å². The van der Waals surface area contributed by atoms with E-state index >= 15 is 0 Å². The van der Waals surface area contributed by atoms with Crippen molar-refractivity contribution < 1.29 is 0 Å². The van der Waals surface area contributed by atoms with Gasteiger partial charge in [-0.15, -0.1) is 11.8 Å². The first kappa shape index (κ1) is 18.9. The van der Waals surface area contributed by atoms with Gasteiger partial charge < -0.3 is 0 Å². The summed E-state index contributed by atoms with van der Waals surface area (Å²) < 4.78 is 0.557. The van der Waals surface area contributed by atoms with Gasteiger partial charge in [0.05, 0.1) is 0 Å². The summed E-state index contributed by atoms with van der Waals surface area (Å²) in [6.45, 7) is 14.3. The Hall–Kier alpha value is -0.430. The van der Waals surface area contributed by atoms with Crippen LogP contribution in [0.3, 0.4) is 0 Å². The molecule has 4 aliphatic rings. The van der Waals surface area contributed by atoms with Crippen molar-refractivity contribution in [3.8, 4) is 0 Å². The third-order valence-electron chi connectivity index (χ3n) is 7.38. The second-order valence-electron chi connectivity index (χ2n) is 10.7. The Morgan fingerprint density at radius 3 is 1.50 bits per heavy atom. The van der Waals surface area contributed by atoms with Gasteiger partial charge in [0.15, 0.2) is 0 Å². The van der Waals surface area contributed by atoms with E-state index in [-0.39, 0.29) is 0 Å². The molecule has 144 valence electrons. The summed E-state index contributed by atoms with van der Waals surface area (Å²) in [5.41, 5.74) is 4.79. The molecule has 1 heteroatoms. The van der Waals surface area contributed by atoms with Crippen LogP contribution in [0, 0.1) is 17.8 Å². The molecule has 4 bridgehead atoms. The van der Waals surface area contributed by atoms with Gasteiger partial charge in [-0.05, 0) is 90.7 Å². The van der Waals surface area contributed by atoms with Crippen LogP contribution in [0.25, 0.3) is 0 Å². The highest BCUT2D eigenvalue weighted by Gasteiger charge is 2.51. The summed E-state index contributed by atoms with van der Waals surface area (Å²) in [6.07, 6.45) is 9.10. The lowest BCUT2D eigenvalue weighted by Crippen LogP contribution is -2.48. The summed E-state index contributed by atoms with van der Waals surface area (Å²) in [6, 6.07) is 5.09. The highest BCUT2D eigenvalue weighted by Crippen LogP contribution is 2.62. The minimum Gasteiger partial charge on any atom is -0.119 e. The van der Waals surface area contributed by atoms with Crippen molar-refractivity contribution in [2.45, 2.75) is 107 Å². The molecule has 0 heterocycles. The van der Waals surface area contributed by atoms with Crippen LogP contribution in [-0.2, 0) is 0 Å². The highest BCUT2D eigenvalue weighted by atomic mass is 32.2. The average Bonchev–Trinajstić information content (AvgIpc) is 2.52. The maximum atomic E-state index is 2.55. The first-order valence-electron chi connectivity index (χ1n) is 11.1. The topological polar surface area (TPSA) is 0 Å². The smallest absolute Gasteiger partial charge is 0.0215 e. The lowest BCUT2D eigenvalue weighted by atomic mass is 9.56. The van der Waals surface area contributed by atoms with Gasteiger partial charge in [0, 0.05) is 9.64 Å². The molecule has 0 aromatic heterocycles. The Morgan fingerprint density at radius 1 is 0.731 bits per heavy atom. The predicted molar refractivity (Wildman–Crippen MR) is 115 cm³/mol. The van der Waals surface area contributed by atoms with Gasteiger partial charge in [-0.2, -0.15) is 0 Å². The molecule has 0 amide bonds. The van der Waals surface area contributed by atoms with Crippen molar-refractivity contribution in [1.29, 1.82) is 0 Å². The van der Waals surface area contributed by atoms with Crippen molar-refractivity contribution >= 4 is 11.8 Å². The van der Waals surface area contributed by atoms with E-state index in [2.05, 4.69) is 65.4 Å². The summed E-state index contributed by atoms with van der Waals surface area (Å²) in [5.74, 6) is 4.95. The third-order valence-corrected chi connectivity index (χ3v) is 8.99. The van der Waals surface area contributed by atoms with Crippen LogP contribution >= 0.6 is 11.8 Å². The van der Waals surface area contributed by atoms with Crippen LogP contribution in [0.15, 0.2) is 17.0 Å². The lowest BCUT2D eigenvalue weighted by molar-refractivity contribution is 0.0383. The van der Waals surface area contributed by atoms with Gasteiger partial charge in [-0.25, -0.2) is 0 Å². The zero-order chi connectivity index (χ0) is 18.6. The minimum atomic E-state index is 0.557. The van der Waals surface area contributed by atoms with Crippen molar-refractivity contribution in [1.82, 2.24) is 0 Å². The van der Waals surface area contributed by atoms with Crippen molar-refractivity contribution in [2.75, 3.05) is 0 Å². The van der Waals surface area contributed by atoms with Crippen LogP contribution < -0.4 is 0 Å². The minimum absolute atomic E-state index is 0.557. The Balaban J connectivity index is 1.75. The van der Waals surface area contributed by atoms with Gasteiger partial charge in [-0.1, -0.05) is 53.7 Å². The van der Waals surface area contributed by atoms with E-state index < -0.39 is 0 Å². The molecule has 0 spiro atoms. The zero-order valence-electron chi connectivity index (χ0n) is 17.8. The van der Waals surface area contributed by atoms with Gasteiger partial charge in [0.1, 0.15) is 0 Å². The monoisotopic (exact) mass is 370 g/mol. The molecule has 5 rings (SSSR count). The van der Waals surface area contributed by atoms with Crippen LogP contribution in [0.5, 0.6) is 0 Å². The molecule has 0 radical (unpaired) electrons. The van der Waals surface area contributed by atoms with Crippen LogP contribution in [-0.4, -0.2) is 4.75 Å². The molecule has 0 unspecified atom stereocenters. The fourth-order valence-electron chi connectivity index (χ4n) is 6.38. The maximum Gasteiger partial charge on any atom is 0.0215 e. The normalized spacial score (nSPS) is 33.0. The summed E-state index contributed by atoms with van der Waals surface area (Å²) in [4.78, 5) is 1.67. The summed E-state index contributed by atoms with van der Waals surface area (Å²) in [7, 11) is 0. The number of benzene rings is 1. The molecule has 4 saturated carbocycles. The van der Waals surface area contributed by atoms with Crippen molar-refractivity contribution in [3.05, 3.63) is 28.8 Å². The van der Waals surface area contributed by atoms with E-state index in [1.807, 2.05) is 0 Å². The number of thioether (sulfide) groups is 1. The quantitative estimate of drug-likeness (QED) is 0.504. The number of rotatable bonds is 5. The van der Waals surface area contributed by atoms with Gasteiger partial charge in [0.25, 0.3) is 0 Å². The van der Waals surface area contributed by atoms with E-state index in [0.717, 1.165) is 17.8 Å². The van der Waals surface area contributed by atoms with Crippen molar-refractivity contribution in [3.63, 3.8) is 0 Å². The first-order chi connectivity index (χ1) is 12.3. The Labute approximate surface area is 165 Å². The van der Waals surface area contributed by atoms with E-state index in [0.29, 0.717) is 22.5 Å². The Kier molecular flexibility index (Phi) is 5.00. The molecule has 4 fully saturated rings. The molecule has 1 aromatic carbocycles. The fraction of sp³-hybridized carbons (Fsp3) is 0.760. The summed E-state index contributed by atoms with van der Waals surface area (Å²) >= 11 is 2.33. The van der Waals surface area contributed by atoms with Crippen molar-refractivity contribution in [2.24, 2.45) is 17.8 Å². The molecule has 0 nitrogen and oxygen atoms in total. The fourth-order valence-corrected chi connectivity index (χ4v) is 8.60. The van der Waals surface area contributed by atoms with E-state index in [1.54, 1.807) is 35.3 Å². The number of hydrogen-bond acceptors (Lipinski definition) is 1. The average molecular weight is 371 g/mol. The summed E-state index contributed by atoms with van der Waals surface area (Å²) in [5, 5.41) is 0. The third kappa shape index (κ3) is 3.38. The van der Waals surface area contributed by atoms with Crippen LogP contribution in [0.1, 0.15) is 115 Å². The lowest BCUT2D eigenvalue weighted by Gasteiger charge is -2.56. The second kappa shape index (κ2) is 6.87. The predicted octanol–water partition coefficient (Wildman–Crippen LogP) is 8.12. The van der Waals surface area contributed by atoms with Gasteiger partial charge in [0.2, 0.25) is 0 Å². The molecule has 0 aliphatic heterocycles. The van der Waals surface area contributed by atoms with Crippen LogP contribution in [0.4, 0.5) is 0 Å². The number of hydrogen-bond donors (Lipinski definition) is 0.